The molecular formula is C18H18N2OS. The second kappa shape index (κ2) is 6.36. The van der Waals surface area contributed by atoms with Crippen LogP contribution in [0.4, 0.5) is 0 Å². The second-order valence-corrected chi connectivity index (χ2v) is 6.62. The highest BCUT2D eigenvalue weighted by atomic mass is 32.2. The van der Waals surface area contributed by atoms with Crippen molar-refractivity contribution in [2.24, 2.45) is 0 Å². The monoisotopic (exact) mass is 310 g/mol. The largest absolute Gasteiger partial charge is 0.272 e. The average Bonchev–Trinajstić information content (AvgIpc) is 2.54. The van der Waals surface area contributed by atoms with E-state index < -0.39 is 0 Å². The van der Waals surface area contributed by atoms with E-state index in [0.29, 0.717) is 0 Å². The third-order valence-corrected chi connectivity index (χ3v) is 4.65. The molecule has 2 aromatic carbocycles. The van der Waals surface area contributed by atoms with Crippen molar-refractivity contribution in [3.63, 3.8) is 0 Å². The Morgan fingerprint density at radius 1 is 1.09 bits per heavy atom. The fourth-order valence-corrected chi connectivity index (χ4v) is 3.33. The highest BCUT2D eigenvalue weighted by molar-refractivity contribution is 7.98. The molecule has 0 saturated heterocycles. The zero-order valence-electron chi connectivity index (χ0n) is 12.7. The van der Waals surface area contributed by atoms with Gasteiger partial charge in [0.2, 0.25) is 0 Å². The van der Waals surface area contributed by atoms with Crippen LogP contribution >= 0.6 is 11.8 Å². The third kappa shape index (κ3) is 3.07. The van der Waals surface area contributed by atoms with Gasteiger partial charge in [-0.25, -0.2) is 5.10 Å². The molecule has 0 amide bonds. The Hall–Kier alpha value is -2.07. The molecule has 0 fully saturated rings. The van der Waals surface area contributed by atoms with Crippen LogP contribution in [0.1, 0.15) is 31.0 Å². The van der Waals surface area contributed by atoms with Crippen molar-refractivity contribution in [1.29, 1.82) is 0 Å². The predicted molar refractivity (Wildman–Crippen MR) is 92.5 cm³/mol. The molecule has 3 aromatic rings. The van der Waals surface area contributed by atoms with Crippen molar-refractivity contribution in [1.82, 2.24) is 10.2 Å². The Morgan fingerprint density at radius 2 is 1.86 bits per heavy atom. The molecule has 0 aliphatic carbocycles. The molecule has 112 valence electrons. The van der Waals surface area contributed by atoms with Gasteiger partial charge in [-0.15, -0.1) is 11.8 Å². The van der Waals surface area contributed by atoms with Crippen LogP contribution in [0.3, 0.4) is 0 Å². The first-order chi connectivity index (χ1) is 10.6. The molecule has 0 saturated carbocycles. The van der Waals surface area contributed by atoms with E-state index >= 15 is 0 Å². The maximum absolute atomic E-state index is 12.1. The molecule has 0 spiro atoms. The Bertz CT molecular complexity index is 841. The van der Waals surface area contributed by atoms with Gasteiger partial charge < -0.3 is 0 Å². The summed E-state index contributed by atoms with van der Waals surface area (Å²) >= 11 is 1.74. The lowest BCUT2D eigenvalue weighted by Crippen LogP contribution is -2.11. The van der Waals surface area contributed by atoms with Gasteiger partial charge in [-0.2, -0.15) is 5.10 Å². The van der Waals surface area contributed by atoms with Gasteiger partial charge in [0, 0.05) is 16.0 Å². The van der Waals surface area contributed by atoms with E-state index in [0.717, 1.165) is 27.1 Å². The standard InChI is InChI=1S/C18H18N2OS/c1-12(2)17-15-9-8-14(10-16(15)18(21)20-19-17)22-11-13-6-4-3-5-7-13/h3-10,12H,11H2,1-2H3,(H,20,21). The lowest BCUT2D eigenvalue weighted by Gasteiger charge is -2.09. The first kappa shape index (κ1) is 14.9. The summed E-state index contributed by atoms with van der Waals surface area (Å²) in [4.78, 5) is 13.2. The van der Waals surface area contributed by atoms with Gasteiger partial charge >= 0.3 is 0 Å². The number of benzene rings is 2. The number of aromatic nitrogens is 2. The maximum atomic E-state index is 12.1. The van der Waals surface area contributed by atoms with Gasteiger partial charge in [-0.05, 0) is 23.6 Å². The molecule has 22 heavy (non-hydrogen) atoms. The minimum Gasteiger partial charge on any atom is -0.267 e. The average molecular weight is 310 g/mol. The number of hydrogen-bond acceptors (Lipinski definition) is 3. The first-order valence-corrected chi connectivity index (χ1v) is 8.33. The fraction of sp³-hybridized carbons (Fsp3) is 0.222. The van der Waals surface area contributed by atoms with Crippen molar-refractivity contribution in [2.45, 2.75) is 30.4 Å². The van der Waals surface area contributed by atoms with Crippen molar-refractivity contribution >= 4 is 22.5 Å². The van der Waals surface area contributed by atoms with Gasteiger partial charge in [0.1, 0.15) is 0 Å². The summed E-state index contributed by atoms with van der Waals surface area (Å²) in [6.07, 6.45) is 0. The zero-order chi connectivity index (χ0) is 15.5. The summed E-state index contributed by atoms with van der Waals surface area (Å²) in [5, 5.41) is 8.46. The summed E-state index contributed by atoms with van der Waals surface area (Å²) < 4.78 is 0. The molecule has 0 aliphatic heterocycles. The molecule has 1 heterocycles. The summed E-state index contributed by atoms with van der Waals surface area (Å²) in [6, 6.07) is 16.4. The van der Waals surface area contributed by atoms with Crippen molar-refractivity contribution in [3.05, 3.63) is 70.1 Å². The molecule has 0 aliphatic rings. The number of aromatic amines is 1. The molecule has 3 nitrogen and oxygen atoms in total. The van der Waals surface area contributed by atoms with Crippen LogP contribution in [0.15, 0.2) is 58.2 Å². The summed E-state index contributed by atoms with van der Waals surface area (Å²) in [5.41, 5.74) is 2.09. The van der Waals surface area contributed by atoms with E-state index in [1.54, 1.807) is 11.8 Å². The topological polar surface area (TPSA) is 45.8 Å². The van der Waals surface area contributed by atoms with E-state index in [1.807, 2.05) is 30.3 Å². The summed E-state index contributed by atoms with van der Waals surface area (Å²) in [7, 11) is 0. The van der Waals surface area contributed by atoms with Crippen LogP contribution in [0.5, 0.6) is 0 Å². The minimum absolute atomic E-state index is 0.124. The second-order valence-electron chi connectivity index (χ2n) is 5.57. The van der Waals surface area contributed by atoms with Crippen LogP contribution in [-0.4, -0.2) is 10.2 Å². The number of nitrogens with zero attached hydrogens (tertiary/aromatic N) is 1. The quantitative estimate of drug-likeness (QED) is 0.729. The molecule has 0 bridgehead atoms. The number of nitrogens with one attached hydrogen (secondary N) is 1. The van der Waals surface area contributed by atoms with Gasteiger partial charge in [0.25, 0.3) is 5.56 Å². The molecule has 1 N–H and O–H groups in total. The molecule has 1 aromatic heterocycles. The fourth-order valence-electron chi connectivity index (χ4n) is 2.44. The number of hydrogen-bond donors (Lipinski definition) is 1. The van der Waals surface area contributed by atoms with Crippen LogP contribution in [0, 0.1) is 0 Å². The smallest absolute Gasteiger partial charge is 0.267 e. The van der Waals surface area contributed by atoms with Gasteiger partial charge in [-0.1, -0.05) is 50.2 Å². The molecule has 0 radical (unpaired) electrons. The third-order valence-electron chi connectivity index (χ3n) is 3.58. The van der Waals surface area contributed by atoms with Gasteiger partial charge in [0.05, 0.1) is 11.1 Å². The first-order valence-electron chi connectivity index (χ1n) is 7.34. The van der Waals surface area contributed by atoms with Crippen molar-refractivity contribution in [2.75, 3.05) is 0 Å². The van der Waals surface area contributed by atoms with E-state index in [9.17, 15) is 4.79 Å². The van der Waals surface area contributed by atoms with E-state index in [4.69, 9.17) is 0 Å². The Morgan fingerprint density at radius 3 is 2.59 bits per heavy atom. The van der Waals surface area contributed by atoms with E-state index in [-0.39, 0.29) is 11.5 Å². The van der Waals surface area contributed by atoms with Crippen LogP contribution < -0.4 is 5.56 Å². The number of H-pyrrole nitrogens is 1. The zero-order valence-corrected chi connectivity index (χ0v) is 13.5. The van der Waals surface area contributed by atoms with Crippen molar-refractivity contribution < 1.29 is 0 Å². The highest BCUT2D eigenvalue weighted by Gasteiger charge is 2.10. The van der Waals surface area contributed by atoms with Crippen molar-refractivity contribution in [3.8, 4) is 0 Å². The Labute approximate surface area is 133 Å². The highest BCUT2D eigenvalue weighted by Crippen LogP contribution is 2.27. The molecular weight excluding hydrogens is 292 g/mol. The van der Waals surface area contributed by atoms with E-state index in [2.05, 4.69) is 42.2 Å². The van der Waals surface area contributed by atoms with Gasteiger partial charge in [0.15, 0.2) is 0 Å². The Kier molecular flexibility index (Phi) is 4.29. The van der Waals surface area contributed by atoms with Crippen LogP contribution in [-0.2, 0) is 5.75 Å². The summed E-state index contributed by atoms with van der Waals surface area (Å²) in [5.74, 6) is 1.17. The molecule has 0 atom stereocenters. The maximum Gasteiger partial charge on any atom is 0.272 e. The molecule has 4 heteroatoms. The lowest BCUT2D eigenvalue weighted by atomic mass is 10.0. The van der Waals surface area contributed by atoms with Gasteiger partial charge in [-0.3, -0.25) is 4.79 Å². The normalized spacial score (nSPS) is 11.2. The molecule has 3 rings (SSSR count). The predicted octanol–water partition coefficient (Wildman–Crippen LogP) is 4.34. The number of rotatable bonds is 4. The SMILES string of the molecule is CC(C)c1n[nH]c(=O)c2cc(SCc3ccccc3)ccc12. The number of thioether (sulfide) groups is 1. The minimum atomic E-state index is -0.124. The number of fused-ring (bicyclic) bond motifs is 1. The Balaban J connectivity index is 1.93. The lowest BCUT2D eigenvalue weighted by molar-refractivity contribution is 0.792. The van der Waals surface area contributed by atoms with Crippen LogP contribution in [0.25, 0.3) is 10.8 Å². The summed E-state index contributed by atoms with van der Waals surface area (Å²) in [6.45, 7) is 4.16. The molecule has 0 unspecified atom stereocenters. The van der Waals surface area contributed by atoms with E-state index in [1.165, 1.54) is 5.56 Å². The van der Waals surface area contributed by atoms with Crippen LogP contribution in [0.2, 0.25) is 0 Å².